The molecular weight excluding hydrogens is 366 g/mol. The van der Waals surface area contributed by atoms with Gasteiger partial charge in [0, 0.05) is 11.6 Å². The number of hydrogen-bond donors (Lipinski definition) is 2. The van der Waals surface area contributed by atoms with Crippen molar-refractivity contribution in [1.82, 2.24) is 14.7 Å². The van der Waals surface area contributed by atoms with E-state index in [0.29, 0.717) is 16.4 Å². The first kappa shape index (κ1) is 19.1. The zero-order valence-electron chi connectivity index (χ0n) is 15.3. The molecule has 0 radical (unpaired) electrons. The summed E-state index contributed by atoms with van der Waals surface area (Å²) in [6.45, 7) is 3.57. The van der Waals surface area contributed by atoms with Gasteiger partial charge in [0.1, 0.15) is 11.3 Å². The maximum absolute atomic E-state index is 13.0. The lowest BCUT2D eigenvalue weighted by molar-refractivity contribution is 0.0895. The minimum absolute atomic E-state index is 0.0365. The van der Waals surface area contributed by atoms with Crippen molar-refractivity contribution in [3.05, 3.63) is 51.8 Å². The van der Waals surface area contributed by atoms with E-state index in [1.807, 2.05) is 43.5 Å². The van der Waals surface area contributed by atoms with Crippen molar-refractivity contribution in [3.8, 4) is 17.0 Å². The number of fused-ring (bicyclic) bond motifs is 1. The summed E-state index contributed by atoms with van der Waals surface area (Å²) in [5.41, 5.74) is 0.982. The van der Waals surface area contributed by atoms with E-state index < -0.39 is 17.5 Å². The second-order valence-electron chi connectivity index (χ2n) is 6.45. The minimum Gasteiger partial charge on any atom is -0.497 e. The molecule has 0 aliphatic rings. The van der Waals surface area contributed by atoms with Crippen molar-refractivity contribution in [3.63, 3.8) is 0 Å². The van der Waals surface area contributed by atoms with Crippen LogP contribution in [0.3, 0.4) is 0 Å². The second kappa shape index (κ2) is 7.89. The van der Waals surface area contributed by atoms with E-state index >= 15 is 0 Å². The van der Waals surface area contributed by atoms with E-state index in [-0.39, 0.29) is 18.1 Å². The Kier molecular flexibility index (Phi) is 5.57. The van der Waals surface area contributed by atoms with Crippen LogP contribution in [0.2, 0.25) is 0 Å². The largest absolute Gasteiger partial charge is 0.497 e. The predicted octanol–water partition coefficient (Wildman–Crippen LogP) is 2.18. The zero-order chi connectivity index (χ0) is 19.6. The van der Waals surface area contributed by atoms with Crippen LogP contribution in [-0.4, -0.2) is 40.2 Å². The number of aliphatic hydroxyl groups excluding tert-OH is 1. The molecule has 0 bridgehead atoms. The van der Waals surface area contributed by atoms with Crippen LogP contribution in [0.5, 0.6) is 5.75 Å². The van der Waals surface area contributed by atoms with Gasteiger partial charge in [0.25, 0.3) is 11.5 Å². The number of thiazole rings is 1. The number of rotatable bonds is 6. The number of benzene rings is 1. The lowest BCUT2D eigenvalue weighted by Crippen LogP contribution is -2.43. The van der Waals surface area contributed by atoms with Gasteiger partial charge in [0.05, 0.1) is 25.5 Å². The van der Waals surface area contributed by atoms with Crippen molar-refractivity contribution in [2.24, 2.45) is 5.92 Å². The van der Waals surface area contributed by atoms with Gasteiger partial charge in [0.15, 0.2) is 4.96 Å². The molecule has 7 nitrogen and oxygen atoms in total. The summed E-state index contributed by atoms with van der Waals surface area (Å²) >= 11 is 1.33. The Hall–Kier alpha value is -2.71. The Balaban J connectivity index is 2.03. The third-order valence-electron chi connectivity index (χ3n) is 4.39. The number of ether oxygens (including phenoxy) is 1. The molecule has 0 aliphatic heterocycles. The Morgan fingerprint density at radius 2 is 2.04 bits per heavy atom. The fraction of sp³-hybridized carbons (Fsp3) is 0.316. The van der Waals surface area contributed by atoms with Gasteiger partial charge in [-0.15, -0.1) is 11.3 Å². The highest BCUT2D eigenvalue weighted by Crippen LogP contribution is 2.25. The predicted molar refractivity (Wildman–Crippen MR) is 105 cm³/mol. The van der Waals surface area contributed by atoms with Gasteiger partial charge in [-0.1, -0.05) is 13.8 Å². The molecule has 1 aromatic carbocycles. The lowest BCUT2D eigenvalue weighted by Gasteiger charge is -2.19. The molecular formula is C19H21N3O4S. The SMILES string of the molecule is COc1ccc(-c2csc3ncc(C(=O)N[C@H](CO)C(C)C)c(=O)n23)cc1. The van der Waals surface area contributed by atoms with Crippen LogP contribution in [0.1, 0.15) is 24.2 Å². The summed E-state index contributed by atoms with van der Waals surface area (Å²) in [5.74, 6) is 0.212. The average Bonchev–Trinajstić information content (AvgIpc) is 3.11. The van der Waals surface area contributed by atoms with Crippen LogP contribution >= 0.6 is 11.3 Å². The lowest BCUT2D eigenvalue weighted by atomic mass is 10.1. The zero-order valence-corrected chi connectivity index (χ0v) is 16.1. The number of aromatic nitrogens is 2. The number of aliphatic hydroxyl groups is 1. The summed E-state index contributed by atoms with van der Waals surface area (Å²) in [5, 5.41) is 13.9. The number of hydrogen-bond acceptors (Lipinski definition) is 6. The van der Waals surface area contributed by atoms with Crippen molar-refractivity contribution < 1.29 is 14.6 Å². The van der Waals surface area contributed by atoms with Crippen molar-refractivity contribution in [2.75, 3.05) is 13.7 Å². The van der Waals surface area contributed by atoms with Gasteiger partial charge in [-0.25, -0.2) is 4.98 Å². The summed E-state index contributed by atoms with van der Waals surface area (Å²) in [6, 6.07) is 6.88. The van der Waals surface area contributed by atoms with Crippen LogP contribution in [-0.2, 0) is 0 Å². The minimum atomic E-state index is -0.540. The van der Waals surface area contributed by atoms with Crippen LogP contribution in [0, 0.1) is 5.92 Å². The highest BCUT2D eigenvalue weighted by atomic mass is 32.1. The highest BCUT2D eigenvalue weighted by molar-refractivity contribution is 7.15. The molecule has 2 N–H and O–H groups in total. The van der Waals surface area contributed by atoms with Gasteiger partial charge < -0.3 is 15.2 Å². The summed E-state index contributed by atoms with van der Waals surface area (Å²) in [7, 11) is 1.59. The molecule has 1 atom stereocenters. The molecule has 0 spiro atoms. The monoisotopic (exact) mass is 387 g/mol. The van der Waals surface area contributed by atoms with Crippen molar-refractivity contribution >= 4 is 22.2 Å². The van der Waals surface area contributed by atoms with E-state index in [2.05, 4.69) is 10.3 Å². The maximum atomic E-state index is 13.0. The molecule has 142 valence electrons. The fourth-order valence-electron chi connectivity index (χ4n) is 2.68. The molecule has 2 heterocycles. The normalized spacial score (nSPS) is 12.3. The number of nitrogens with zero attached hydrogens (tertiary/aromatic N) is 2. The highest BCUT2D eigenvalue weighted by Gasteiger charge is 2.21. The molecule has 0 unspecified atom stereocenters. The Morgan fingerprint density at radius 3 is 2.63 bits per heavy atom. The second-order valence-corrected chi connectivity index (χ2v) is 7.29. The van der Waals surface area contributed by atoms with E-state index in [4.69, 9.17) is 4.74 Å². The van der Waals surface area contributed by atoms with E-state index in [0.717, 1.165) is 5.56 Å². The van der Waals surface area contributed by atoms with E-state index in [9.17, 15) is 14.7 Å². The fourth-order valence-corrected chi connectivity index (χ4v) is 3.54. The Labute approximate surface area is 160 Å². The van der Waals surface area contributed by atoms with Gasteiger partial charge in [0.2, 0.25) is 0 Å². The number of nitrogens with one attached hydrogen (secondary N) is 1. The standard InChI is InChI=1S/C19H21N3O4S/c1-11(2)15(9-23)21-17(24)14-8-20-19-22(18(14)25)16(10-27-19)12-4-6-13(26-3)7-5-12/h4-8,10-11,15,23H,9H2,1-3H3,(H,21,24)/t15-/m1/s1. The van der Waals surface area contributed by atoms with Crippen LogP contribution < -0.4 is 15.6 Å². The number of amides is 1. The van der Waals surface area contributed by atoms with Crippen LogP contribution in [0.25, 0.3) is 16.2 Å². The number of carbonyl (C=O) groups is 1. The first-order valence-electron chi connectivity index (χ1n) is 8.51. The average molecular weight is 387 g/mol. The topological polar surface area (TPSA) is 92.9 Å². The third-order valence-corrected chi connectivity index (χ3v) is 5.23. The first-order valence-corrected chi connectivity index (χ1v) is 9.39. The number of carbonyl (C=O) groups excluding carboxylic acids is 1. The van der Waals surface area contributed by atoms with Gasteiger partial charge in [-0.3, -0.25) is 14.0 Å². The smallest absolute Gasteiger partial charge is 0.271 e. The molecule has 0 saturated heterocycles. The van der Waals surface area contributed by atoms with Crippen molar-refractivity contribution in [2.45, 2.75) is 19.9 Å². The van der Waals surface area contributed by atoms with Gasteiger partial charge in [-0.05, 0) is 35.7 Å². The van der Waals surface area contributed by atoms with Crippen molar-refractivity contribution in [1.29, 1.82) is 0 Å². The quantitative estimate of drug-likeness (QED) is 0.676. The molecule has 3 rings (SSSR count). The molecule has 0 saturated carbocycles. The van der Waals surface area contributed by atoms with Crippen LogP contribution in [0.4, 0.5) is 0 Å². The summed E-state index contributed by atoms with van der Waals surface area (Å²) < 4.78 is 6.60. The first-order chi connectivity index (χ1) is 13.0. The molecule has 1 amide bonds. The summed E-state index contributed by atoms with van der Waals surface area (Å²) in [4.78, 5) is 30.3. The van der Waals surface area contributed by atoms with E-state index in [1.165, 1.54) is 21.9 Å². The molecule has 27 heavy (non-hydrogen) atoms. The molecule has 2 aromatic heterocycles. The molecule has 8 heteroatoms. The Bertz CT molecular complexity index is 1010. The van der Waals surface area contributed by atoms with Gasteiger partial charge in [-0.2, -0.15) is 0 Å². The number of methoxy groups -OCH3 is 1. The van der Waals surface area contributed by atoms with Crippen LogP contribution in [0.15, 0.2) is 40.6 Å². The third kappa shape index (κ3) is 3.72. The Morgan fingerprint density at radius 1 is 1.33 bits per heavy atom. The van der Waals surface area contributed by atoms with E-state index in [1.54, 1.807) is 7.11 Å². The molecule has 0 fully saturated rings. The molecule has 0 aliphatic carbocycles. The summed E-state index contributed by atoms with van der Waals surface area (Å²) in [6.07, 6.45) is 1.29. The maximum Gasteiger partial charge on any atom is 0.271 e. The van der Waals surface area contributed by atoms with Gasteiger partial charge >= 0.3 is 0 Å². The molecule has 3 aromatic rings.